The first-order chi connectivity index (χ1) is 13.6. The number of ether oxygens (including phenoxy) is 1. The third-order valence-electron chi connectivity index (χ3n) is 4.01. The minimum Gasteiger partial charge on any atom is -0.662 e. The Bertz CT molecular complexity index is 721. The number of unbranched alkanes of at least 4 members (excludes halogenated alkanes) is 5. The maximum atomic E-state index is 10.2. The standard InChI is InChI=1S/C16H25O.C4H6O7S.Na/c1-3-5-6-7-8-9-12-15-13-10-11-14-16(15)17-4-2;5-3(6)1-2(4(7)8)12(9,10)11;/h4,10-11,13-14H,3,5-9,12H2,1-2H3;2H,1H2,(H,5,6)(H,7,8)(H,9,10,11);/q-1;;+1. The molecule has 1 unspecified atom stereocenters. The van der Waals surface area contributed by atoms with Crippen LogP contribution in [-0.4, -0.2) is 40.4 Å². The van der Waals surface area contributed by atoms with Gasteiger partial charge in [-0.25, -0.2) is 0 Å². The van der Waals surface area contributed by atoms with Gasteiger partial charge >= 0.3 is 41.5 Å². The third-order valence-corrected chi connectivity index (χ3v) is 5.10. The van der Waals surface area contributed by atoms with Gasteiger partial charge in [0.2, 0.25) is 0 Å². The number of carbonyl (C=O) groups is 2. The van der Waals surface area contributed by atoms with E-state index in [2.05, 4.69) is 19.1 Å². The molecule has 166 valence electrons. The molecule has 0 spiro atoms. The molecule has 1 rings (SSSR count). The fourth-order valence-corrected chi connectivity index (χ4v) is 3.13. The molecule has 10 heteroatoms. The summed E-state index contributed by atoms with van der Waals surface area (Å²) in [6, 6.07) is 8.34. The average molecular weight is 455 g/mol. The zero-order valence-electron chi connectivity index (χ0n) is 17.9. The van der Waals surface area contributed by atoms with Crippen molar-refractivity contribution in [1.29, 1.82) is 0 Å². The van der Waals surface area contributed by atoms with E-state index in [0.717, 1.165) is 12.2 Å². The number of rotatable bonds is 13. The summed E-state index contributed by atoms with van der Waals surface area (Å²) < 4.78 is 34.2. The second-order valence-corrected chi connectivity index (χ2v) is 8.02. The molecule has 30 heavy (non-hydrogen) atoms. The van der Waals surface area contributed by atoms with Gasteiger partial charge in [0.05, 0.1) is 12.2 Å². The van der Waals surface area contributed by atoms with Crippen LogP contribution in [0.3, 0.4) is 0 Å². The molecule has 0 saturated carbocycles. The zero-order chi connectivity index (χ0) is 22.3. The van der Waals surface area contributed by atoms with Gasteiger partial charge in [-0.2, -0.15) is 21.9 Å². The van der Waals surface area contributed by atoms with Crippen LogP contribution in [0.25, 0.3) is 0 Å². The molecule has 0 radical (unpaired) electrons. The van der Waals surface area contributed by atoms with E-state index in [1.54, 1.807) is 6.61 Å². The van der Waals surface area contributed by atoms with Crippen LogP contribution in [0, 0.1) is 6.61 Å². The molecule has 0 heterocycles. The SMILES string of the molecule is C[CH-]Oc1ccccc1CCCCCCCC.O=C(O)CC(C(=O)O)S(=O)(=O)O.[Na+]. The molecule has 8 nitrogen and oxygen atoms in total. The van der Waals surface area contributed by atoms with Crippen molar-refractivity contribution in [2.24, 2.45) is 0 Å². The molecule has 0 aliphatic carbocycles. The van der Waals surface area contributed by atoms with Crippen molar-refractivity contribution in [3.05, 3.63) is 36.4 Å². The fourth-order valence-electron chi connectivity index (χ4n) is 2.53. The molecule has 0 fully saturated rings. The summed E-state index contributed by atoms with van der Waals surface area (Å²) >= 11 is 0. The number of hydrogen-bond donors (Lipinski definition) is 3. The number of aryl methyl sites for hydroxylation is 1. The van der Waals surface area contributed by atoms with Crippen molar-refractivity contribution < 1.29 is 67.1 Å². The zero-order valence-corrected chi connectivity index (χ0v) is 20.7. The van der Waals surface area contributed by atoms with Crippen LogP contribution in [0.5, 0.6) is 5.75 Å². The summed E-state index contributed by atoms with van der Waals surface area (Å²) in [5.74, 6) is -2.48. The number of carboxylic acids is 2. The summed E-state index contributed by atoms with van der Waals surface area (Å²) in [5.41, 5.74) is 1.33. The first-order valence-electron chi connectivity index (χ1n) is 9.56. The van der Waals surface area contributed by atoms with Gasteiger partial charge in [-0.1, -0.05) is 57.2 Å². The molecular weight excluding hydrogens is 423 g/mol. The van der Waals surface area contributed by atoms with Crippen LogP contribution in [0.2, 0.25) is 0 Å². The molecule has 1 aromatic rings. The van der Waals surface area contributed by atoms with Gasteiger partial charge in [0.25, 0.3) is 10.1 Å². The quantitative estimate of drug-likeness (QED) is 0.173. The number of para-hydroxylation sites is 1. The Morgan fingerprint density at radius 1 is 1.07 bits per heavy atom. The maximum Gasteiger partial charge on any atom is 1.00 e. The predicted molar refractivity (Wildman–Crippen MR) is 109 cm³/mol. The van der Waals surface area contributed by atoms with Crippen molar-refractivity contribution in [2.75, 3.05) is 0 Å². The number of aliphatic carboxylic acids is 2. The topological polar surface area (TPSA) is 138 Å². The summed E-state index contributed by atoms with van der Waals surface area (Å²) in [6.45, 7) is 5.93. The minimum absolute atomic E-state index is 0. The van der Waals surface area contributed by atoms with E-state index in [1.807, 2.05) is 19.1 Å². The van der Waals surface area contributed by atoms with Gasteiger partial charge in [-0.05, 0) is 24.5 Å². The molecule has 0 aliphatic heterocycles. The van der Waals surface area contributed by atoms with Crippen LogP contribution >= 0.6 is 0 Å². The fraction of sp³-hybridized carbons (Fsp3) is 0.550. The molecule has 1 atom stereocenters. The Kier molecular flexibility index (Phi) is 18.2. The van der Waals surface area contributed by atoms with E-state index in [-0.39, 0.29) is 29.6 Å². The number of benzene rings is 1. The molecule has 0 amide bonds. The minimum atomic E-state index is -4.84. The third kappa shape index (κ3) is 14.8. The molecule has 1 aromatic carbocycles. The van der Waals surface area contributed by atoms with E-state index in [4.69, 9.17) is 19.5 Å². The molecule has 0 bridgehead atoms. The van der Waals surface area contributed by atoms with Crippen molar-refractivity contribution >= 4 is 22.1 Å². The molecule has 0 aromatic heterocycles. The number of carboxylic acid groups (broad SMARTS) is 2. The monoisotopic (exact) mass is 454 g/mol. The van der Waals surface area contributed by atoms with Gasteiger partial charge in [0.15, 0.2) is 5.25 Å². The summed E-state index contributed by atoms with van der Waals surface area (Å²) in [7, 11) is -4.84. The Hall–Kier alpha value is -1.13. The van der Waals surface area contributed by atoms with E-state index >= 15 is 0 Å². The predicted octanol–water partition coefficient (Wildman–Crippen LogP) is 0.956. The van der Waals surface area contributed by atoms with Crippen molar-refractivity contribution in [1.82, 2.24) is 0 Å². The van der Waals surface area contributed by atoms with Gasteiger partial charge in [-0.15, -0.1) is 0 Å². The van der Waals surface area contributed by atoms with E-state index < -0.39 is 33.7 Å². The molecule has 3 N–H and O–H groups in total. The summed E-state index contributed by atoms with van der Waals surface area (Å²) in [6.07, 6.45) is 8.05. The van der Waals surface area contributed by atoms with Gasteiger partial charge < -0.3 is 14.9 Å². The van der Waals surface area contributed by atoms with Crippen LogP contribution in [0.15, 0.2) is 24.3 Å². The average Bonchev–Trinajstić information content (AvgIpc) is 2.63. The largest absolute Gasteiger partial charge is 1.00 e. The van der Waals surface area contributed by atoms with Gasteiger partial charge in [-0.3, -0.25) is 14.1 Å². The Morgan fingerprint density at radius 2 is 1.63 bits per heavy atom. The smallest absolute Gasteiger partial charge is 0.662 e. The van der Waals surface area contributed by atoms with Gasteiger partial charge in [0.1, 0.15) is 0 Å². The normalized spacial score (nSPS) is 11.4. The van der Waals surface area contributed by atoms with Crippen molar-refractivity contribution in [3.8, 4) is 5.75 Å². The van der Waals surface area contributed by atoms with Gasteiger partial charge in [0, 0.05) is 0 Å². The Labute approximate surface area is 201 Å². The molecule has 0 aliphatic rings. The Balaban J connectivity index is 0. The Morgan fingerprint density at radius 3 is 2.10 bits per heavy atom. The summed E-state index contributed by atoms with van der Waals surface area (Å²) in [4.78, 5) is 20.0. The first kappa shape index (κ1) is 31.1. The number of hydrogen-bond acceptors (Lipinski definition) is 5. The van der Waals surface area contributed by atoms with Crippen LogP contribution < -0.4 is 34.3 Å². The van der Waals surface area contributed by atoms with Crippen LogP contribution in [0.1, 0.15) is 64.4 Å². The second kappa shape index (κ2) is 17.5. The van der Waals surface area contributed by atoms with E-state index in [0.29, 0.717) is 0 Å². The van der Waals surface area contributed by atoms with Crippen LogP contribution in [-0.2, 0) is 26.1 Å². The summed E-state index contributed by atoms with van der Waals surface area (Å²) in [5, 5.41) is 13.9. The van der Waals surface area contributed by atoms with E-state index in [1.165, 1.54) is 44.1 Å². The van der Waals surface area contributed by atoms with E-state index in [9.17, 15) is 18.0 Å². The van der Waals surface area contributed by atoms with Crippen molar-refractivity contribution in [3.63, 3.8) is 0 Å². The van der Waals surface area contributed by atoms with Crippen molar-refractivity contribution in [2.45, 2.75) is 70.5 Å². The maximum absolute atomic E-state index is 10.2. The second-order valence-electron chi connectivity index (χ2n) is 6.42. The van der Waals surface area contributed by atoms with Crippen LogP contribution in [0.4, 0.5) is 0 Å². The molecular formula is C20H31NaO8S. The first-order valence-corrected chi connectivity index (χ1v) is 11.1. The molecule has 0 saturated heterocycles.